The molecule has 1 N–H and O–H groups in total. The van der Waals surface area contributed by atoms with Crippen LogP contribution in [0.15, 0.2) is 78.3 Å². The second-order valence-corrected chi connectivity index (χ2v) is 2.68. The van der Waals surface area contributed by atoms with Crippen LogP contribution in [0.4, 0.5) is 0 Å². The van der Waals surface area contributed by atoms with Crippen molar-refractivity contribution in [1.82, 2.24) is 5.32 Å². The van der Waals surface area contributed by atoms with Gasteiger partial charge in [0.15, 0.2) is 0 Å². The zero-order valence-electron chi connectivity index (χ0n) is 8.45. The lowest BCUT2D eigenvalue weighted by Gasteiger charge is -1.84. The van der Waals surface area contributed by atoms with Gasteiger partial charge in [0.1, 0.15) is 0 Å². The smallest absolute Gasteiger partial charge is 0.0427 e. The number of aliphatic imine (C=N–C) groups is 1. The molecule has 15 heavy (non-hydrogen) atoms. The number of rotatable bonds is 0. The van der Waals surface area contributed by atoms with E-state index in [1.165, 1.54) is 0 Å². The van der Waals surface area contributed by atoms with E-state index in [9.17, 15) is 0 Å². The maximum Gasteiger partial charge on any atom is 0.0427 e. The number of hydrogen-bond acceptors (Lipinski definition) is 2. The highest BCUT2D eigenvalue weighted by Gasteiger charge is 1.67. The monoisotopic (exact) mass is 198 g/mol. The molecule has 0 saturated heterocycles. The summed E-state index contributed by atoms with van der Waals surface area (Å²) in [6, 6.07) is 0. The highest BCUT2D eigenvalue weighted by molar-refractivity contribution is 5.72. The van der Waals surface area contributed by atoms with Gasteiger partial charge in [-0.1, -0.05) is 42.5 Å². The Morgan fingerprint density at radius 3 is 1.93 bits per heavy atom. The molecule has 1 heterocycles. The van der Waals surface area contributed by atoms with Gasteiger partial charge in [-0.2, -0.15) is 0 Å². The fourth-order valence-electron chi connectivity index (χ4n) is 0.851. The van der Waals surface area contributed by atoms with Crippen molar-refractivity contribution in [1.29, 1.82) is 0 Å². The van der Waals surface area contributed by atoms with E-state index in [0.29, 0.717) is 0 Å². The molecule has 0 spiro atoms. The molecule has 76 valence electrons. The van der Waals surface area contributed by atoms with E-state index in [1.807, 2.05) is 60.9 Å². The van der Waals surface area contributed by atoms with E-state index in [2.05, 4.69) is 10.3 Å². The molecule has 0 fully saturated rings. The molecular weight excluding hydrogens is 184 g/mol. The topological polar surface area (TPSA) is 24.4 Å². The lowest BCUT2D eigenvalue weighted by molar-refractivity contribution is 1.18. The summed E-state index contributed by atoms with van der Waals surface area (Å²) < 4.78 is 0. The first-order valence-corrected chi connectivity index (χ1v) is 4.76. The molecule has 0 amide bonds. The Labute approximate surface area is 90.4 Å². The zero-order valence-corrected chi connectivity index (χ0v) is 8.45. The Balaban J connectivity index is 2.62. The second-order valence-electron chi connectivity index (χ2n) is 2.68. The molecular formula is C13H14N2. The van der Waals surface area contributed by atoms with E-state index >= 15 is 0 Å². The third-order valence-electron chi connectivity index (χ3n) is 1.51. The van der Waals surface area contributed by atoms with Gasteiger partial charge >= 0.3 is 0 Å². The maximum absolute atomic E-state index is 4.02. The van der Waals surface area contributed by atoms with E-state index < -0.39 is 0 Å². The van der Waals surface area contributed by atoms with Crippen LogP contribution < -0.4 is 5.32 Å². The number of allylic oxidation sites excluding steroid dienone is 9. The summed E-state index contributed by atoms with van der Waals surface area (Å²) in [4.78, 5) is 4.02. The quantitative estimate of drug-likeness (QED) is 0.636. The summed E-state index contributed by atoms with van der Waals surface area (Å²) >= 11 is 0. The molecule has 0 radical (unpaired) electrons. The number of nitrogens with zero attached hydrogens (tertiary/aromatic N) is 1. The summed E-state index contributed by atoms with van der Waals surface area (Å²) in [6.45, 7) is 0. The second kappa shape index (κ2) is 8.51. The van der Waals surface area contributed by atoms with Gasteiger partial charge in [0.2, 0.25) is 0 Å². The van der Waals surface area contributed by atoms with Crippen LogP contribution in [0.3, 0.4) is 0 Å². The van der Waals surface area contributed by atoms with Gasteiger partial charge in [0.25, 0.3) is 0 Å². The summed E-state index contributed by atoms with van der Waals surface area (Å²) in [6.07, 6.45) is 24.5. The third-order valence-corrected chi connectivity index (χ3v) is 1.51. The molecule has 2 heteroatoms. The predicted molar refractivity (Wildman–Crippen MR) is 66.5 cm³/mol. The fraction of sp³-hybridized carbons (Fsp3) is 0. The molecule has 0 aliphatic carbocycles. The summed E-state index contributed by atoms with van der Waals surface area (Å²) in [5.74, 6) is 0. The average molecular weight is 198 g/mol. The van der Waals surface area contributed by atoms with Crippen molar-refractivity contribution < 1.29 is 0 Å². The third kappa shape index (κ3) is 7.02. The average Bonchev–Trinajstić information content (AvgIpc) is 2.27. The van der Waals surface area contributed by atoms with E-state index in [1.54, 1.807) is 18.6 Å². The Morgan fingerprint density at radius 2 is 1.20 bits per heavy atom. The summed E-state index contributed by atoms with van der Waals surface area (Å²) in [7, 11) is 0. The maximum atomic E-state index is 4.02. The minimum absolute atomic E-state index is 1.69. The lowest BCUT2D eigenvalue weighted by atomic mass is 10.4. The van der Waals surface area contributed by atoms with Gasteiger partial charge in [-0.25, -0.2) is 0 Å². The normalized spacial score (nSPS) is 16.0. The van der Waals surface area contributed by atoms with Gasteiger partial charge < -0.3 is 5.32 Å². The highest BCUT2D eigenvalue weighted by Crippen LogP contribution is 1.84. The molecule has 1 aliphatic rings. The van der Waals surface area contributed by atoms with Crippen molar-refractivity contribution in [2.24, 2.45) is 4.99 Å². The molecule has 0 unspecified atom stereocenters. The van der Waals surface area contributed by atoms with Crippen LogP contribution in [0.25, 0.3) is 0 Å². The molecule has 0 atom stereocenters. The minimum atomic E-state index is 1.69. The van der Waals surface area contributed by atoms with Crippen molar-refractivity contribution in [3.8, 4) is 0 Å². The van der Waals surface area contributed by atoms with E-state index in [0.717, 1.165) is 0 Å². The van der Waals surface area contributed by atoms with Crippen LogP contribution in [-0.4, -0.2) is 6.21 Å². The first-order chi connectivity index (χ1) is 7.50. The molecule has 0 aromatic carbocycles. The van der Waals surface area contributed by atoms with Crippen molar-refractivity contribution in [2.75, 3.05) is 0 Å². The largest absolute Gasteiger partial charge is 0.366 e. The van der Waals surface area contributed by atoms with E-state index in [4.69, 9.17) is 0 Å². The van der Waals surface area contributed by atoms with Crippen molar-refractivity contribution in [3.05, 3.63) is 73.3 Å². The highest BCUT2D eigenvalue weighted by atomic mass is 14.8. The van der Waals surface area contributed by atoms with Gasteiger partial charge in [0.05, 0.1) is 0 Å². The van der Waals surface area contributed by atoms with Crippen molar-refractivity contribution in [3.63, 3.8) is 0 Å². The fourth-order valence-corrected chi connectivity index (χ4v) is 0.851. The Bertz CT molecular complexity index is 319. The van der Waals surface area contributed by atoms with Crippen LogP contribution in [-0.2, 0) is 0 Å². The molecule has 1 rings (SSSR count). The molecule has 0 saturated carbocycles. The lowest BCUT2D eigenvalue weighted by Crippen LogP contribution is -1.89. The van der Waals surface area contributed by atoms with Crippen LogP contribution in [0.2, 0.25) is 0 Å². The van der Waals surface area contributed by atoms with Gasteiger partial charge in [0, 0.05) is 24.8 Å². The number of nitrogens with one attached hydrogen (secondary N) is 1. The summed E-state index contributed by atoms with van der Waals surface area (Å²) in [5, 5.41) is 2.96. The first kappa shape index (κ1) is 11.0. The van der Waals surface area contributed by atoms with Gasteiger partial charge in [-0.05, 0) is 12.2 Å². The van der Waals surface area contributed by atoms with E-state index in [-0.39, 0.29) is 0 Å². The molecule has 0 bridgehead atoms. The van der Waals surface area contributed by atoms with Crippen LogP contribution in [0.5, 0.6) is 0 Å². The Hall–Kier alpha value is -2.09. The molecule has 1 aliphatic heterocycles. The molecule has 2 nitrogen and oxygen atoms in total. The Morgan fingerprint density at radius 1 is 0.600 bits per heavy atom. The van der Waals surface area contributed by atoms with Gasteiger partial charge in [-0.15, -0.1) is 0 Å². The zero-order chi connectivity index (χ0) is 10.6. The standard InChI is InChI=1S/C13H14N2/c1-2-4-6-8-10-14-12-13-15-11-9-7-5-3-1/h1-14H. The van der Waals surface area contributed by atoms with Gasteiger partial charge in [-0.3, -0.25) is 4.99 Å². The van der Waals surface area contributed by atoms with Crippen molar-refractivity contribution in [2.45, 2.75) is 0 Å². The van der Waals surface area contributed by atoms with Crippen molar-refractivity contribution >= 4 is 6.21 Å². The summed E-state index contributed by atoms with van der Waals surface area (Å²) in [5.41, 5.74) is 0. The SMILES string of the molecule is C1=CC=CC=CNC=CN=CC=CC=C1. The Kier molecular flexibility index (Phi) is 6.23. The minimum Gasteiger partial charge on any atom is -0.366 e. The van der Waals surface area contributed by atoms with Crippen LogP contribution in [0.1, 0.15) is 0 Å². The molecule has 0 aromatic heterocycles. The number of hydrogen-bond donors (Lipinski definition) is 1. The van der Waals surface area contributed by atoms with Crippen LogP contribution >= 0.6 is 0 Å². The van der Waals surface area contributed by atoms with Crippen LogP contribution in [0, 0.1) is 0 Å². The first-order valence-electron chi connectivity index (χ1n) is 4.76. The molecule has 0 aromatic rings. The predicted octanol–water partition coefficient (Wildman–Crippen LogP) is 2.87.